The molecular formula is C35H32N4O6S. The van der Waals surface area contributed by atoms with Gasteiger partial charge in [0, 0.05) is 62.7 Å². The predicted molar refractivity (Wildman–Crippen MR) is 178 cm³/mol. The number of esters is 1. The van der Waals surface area contributed by atoms with E-state index in [-0.39, 0.29) is 6.79 Å². The van der Waals surface area contributed by atoms with Gasteiger partial charge in [-0.1, -0.05) is 18.2 Å². The van der Waals surface area contributed by atoms with E-state index in [0.29, 0.717) is 45.7 Å². The van der Waals surface area contributed by atoms with Crippen LogP contribution in [0.5, 0.6) is 11.5 Å². The van der Waals surface area contributed by atoms with E-state index in [0.717, 1.165) is 46.0 Å². The number of ether oxygens (including phenoxy) is 3. The Bertz CT molecular complexity index is 1940. The van der Waals surface area contributed by atoms with E-state index in [1.807, 2.05) is 92.6 Å². The smallest absolute Gasteiger partial charge is 0.342 e. The number of benzene rings is 4. The molecule has 0 saturated heterocycles. The number of rotatable bonds is 7. The summed E-state index contributed by atoms with van der Waals surface area (Å²) in [6, 6.07) is 25.9. The highest BCUT2D eigenvalue weighted by Crippen LogP contribution is 2.47. The average molecular weight is 637 g/mol. The zero-order valence-corrected chi connectivity index (χ0v) is 26.6. The summed E-state index contributed by atoms with van der Waals surface area (Å²) in [5.41, 5.74) is 7.00. The maximum absolute atomic E-state index is 13.3. The minimum atomic E-state index is -1.97. The number of hydrogen-bond donors (Lipinski definition) is 1. The molecule has 5 aromatic rings. The first-order chi connectivity index (χ1) is 22.2. The van der Waals surface area contributed by atoms with Crippen LogP contribution in [0.25, 0.3) is 16.6 Å². The number of carbonyl (C=O) groups is 2. The van der Waals surface area contributed by atoms with Gasteiger partial charge in [-0.25, -0.2) is 4.79 Å². The van der Waals surface area contributed by atoms with Crippen LogP contribution in [0.15, 0.2) is 90.5 Å². The van der Waals surface area contributed by atoms with Crippen molar-refractivity contribution in [1.82, 2.24) is 8.75 Å². The fraction of sp³-hybridized carbons (Fsp3) is 0.200. The molecule has 7 rings (SSSR count). The molecule has 234 valence electrons. The third kappa shape index (κ3) is 6.02. The number of aliphatic hydroxyl groups is 1. The SMILES string of the molecule is CN(C)c1ccc(C=O)cc1.CN(C)c1ccc(CC2=C(c3ccc4nsnc4c3)C(=O)OC2(O)c2ccc3c(c2)OCO3)cc1. The Kier molecular flexibility index (Phi) is 8.44. The molecule has 0 spiro atoms. The summed E-state index contributed by atoms with van der Waals surface area (Å²) < 4.78 is 25.2. The van der Waals surface area contributed by atoms with Crippen molar-refractivity contribution in [1.29, 1.82) is 0 Å². The summed E-state index contributed by atoms with van der Waals surface area (Å²) in [6.45, 7) is 0.102. The van der Waals surface area contributed by atoms with Crippen LogP contribution in [0.2, 0.25) is 0 Å². The summed E-state index contributed by atoms with van der Waals surface area (Å²) in [5, 5.41) is 11.9. The summed E-state index contributed by atoms with van der Waals surface area (Å²) >= 11 is 1.11. The molecule has 0 radical (unpaired) electrons. The average Bonchev–Trinajstić information content (AvgIpc) is 3.79. The molecule has 4 aromatic carbocycles. The lowest BCUT2D eigenvalue weighted by Crippen LogP contribution is -2.29. The molecule has 0 saturated carbocycles. The van der Waals surface area contributed by atoms with E-state index in [1.54, 1.807) is 30.3 Å². The van der Waals surface area contributed by atoms with E-state index in [1.165, 1.54) is 0 Å². The molecular weight excluding hydrogens is 604 g/mol. The lowest BCUT2D eigenvalue weighted by molar-refractivity contribution is -0.185. The molecule has 46 heavy (non-hydrogen) atoms. The highest BCUT2D eigenvalue weighted by atomic mass is 32.1. The molecule has 3 heterocycles. The second-order valence-corrected chi connectivity index (χ2v) is 11.8. The Hall–Kier alpha value is -5.26. The van der Waals surface area contributed by atoms with Gasteiger partial charge < -0.3 is 29.1 Å². The molecule has 1 unspecified atom stereocenters. The van der Waals surface area contributed by atoms with Crippen molar-refractivity contribution in [2.45, 2.75) is 12.2 Å². The fourth-order valence-corrected chi connectivity index (χ4v) is 5.80. The van der Waals surface area contributed by atoms with Crippen molar-refractivity contribution in [3.8, 4) is 11.5 Å². The maximum atomic E-state index is 13.3. The van der Waals surface area contributed by atoms with Gasteiger partial charge in [-0.3, -0.25) is 4.79 Å². The van der Waals surface area contributed by atoms with Crippen molar-refractivity contribution in [3.05, 3.63) is 113 Å². The van der Waals surface area contributed by atoms with Crippen LogP contribution in [0, 0.1) is 0 Å². The largest absolute Gasteiger partial charge is 0.454 e. The third-order valence-corrected chi connectivity index (χ3v) is 8.40. The molecule has 0 fully saturated rings. The second kappa shape index (κ2) is 12.6. The van der Waals surface area contributed by atoms with Gasteiger partial charge in [0.25, 0.3) is 5.79 Å². The van der Waals surface area contributed by atoms with Gasteiger partial charge in [0.2, 0.25) is 6.79 Å². The first-order valence-electron chi connectivity index (χ1n) is 14.5. The molecule has 2 aliphatic heterocycles. The van der Waals surface area contributed by atoms with Gasteiger partial charge in [0.15, 0.2) is 11.5 Å². The number of hydrogen-bond acceptors (Lipinski definition) is 11. The standard InChI is InChI=1S/C26H21N3O5S.C9H11NO/c1-29(2)18-7-3-15(4-8-18)11-19-24(16-5-9-20-21(12-16)28-35-27-20)25(30)34-26(19,31)17-6-10-22-23(13-17)33-14-32-22;1-10(2)9-5-3-8(7-11)4-6-9/h3-10,12-13,31H,11,14H2,1-2H3;3-7H,1-2H3. The molecule has 1 N–H and O–H groups in total. The van der Waals surface area contributed by atoms with Crippen LogP contribution in [0.3, 0.4) is 0 Å². The molecule has 0 aliphatic carbocycles. The quantitative estimate of drug-likeness (QED) is 0.183. The number of carbonyl (C=O) groups excluding carboxylic acids is 2. The molecule has 1 atom stereocenters. The van der Waals surface area contributed by atoms with Gasteiger partial charge >= 0.3 is 5.97 Å². The number of aldehydes is 1. The summed E-state index contributed by atoms with van der Waals surface area (Å²) in [6.07, 6.45) is 1.15. The zero-order chi connectivity index (χ0) is 32.4. The maximum Gasteiger partial charge on any atom is 0.342 e. The van der Waals surface area contributed by atoms with Crippen molar-refractivity contribution in [2.24, 2.45) is 0 Å². The Balaban J connectivity index is 0.000000288. The van der Waals surface area contributed by atoms with Crippen molar-refractivity contribution in [3.63, 3.8) is 0 Å². The number of cyclic esters (lactones) is 1. The van der Waals surface area contributed by atoms with Crippen LogP contribution in [-0.2, 0) is 21.7 Å². The van der Waals surface area contributed by atoms with Crippen LogP contribution in [-0.4, -0.2) is 61.1 Å². The Labute approximate surface area is 270 Å². The topological polar surface area (TPSA) is 114 Å². The van der Waals surface area contributed by atoms with Crippen molar-refractivity contribution >= 4 is 52.0 Å². The lowest BCUT2D eigenvalue weighted by Gasteiger charge is -2.26. The molecule has 11 heteroatoms. The number of fused-ring (bicyclic) bond motifs is 2. The lowest BCUT2D eigenvalue weighted by atomic mass is 9.88. The number of anilines is 2. The van der Waals surface area contributed by atoms with Gasteiger partial charge in [0.05, 0.1) is 17.3 Å². The van der Waals surface area contributed by atoms with E-state index in [9.17, 15) is 14.7 Å². The monoisotopic (exact) mass is 636 g/mol. The molecule has 0 bridgehead atoms. The molecule has 0 amide bonds. The summed E-state index contributed by atoms with van der Waals surface area (Å²) in [7, 11) is 7.88. The minimum absolute atomic E-state index is 0.102. The molecule has 1 aromatic heterocycles. The van der Waals surface area contributed by atoms with Gasteiger partial charge in [-0.15, -0.1) is 0 Å². The molecule has 10 nitrogen and oxygen atoms in total. The van der Waals surface area contributed by atoms with E-state index >= 15 is 0 Å². The van der Waals surface area contributed by atoms with E-state index < -0.39 is 11.8 Å². The van der Waals surface area contributed by atoms with Gasteiger partial charge in [-0.2, -0.15) is 8.75 Å². The summed E-state index contributed by atoms with van der Waals surface area (Å²) in [5.74, 6) is -1.51. The summed E-state index contributed by atoms with van der Waals surface area (Å²) in [4.78, 5) is 27.6. The fourth-order valence-electron chi connectivity index (χ4n) is 5.28. The second-order valence-electron chi connectivity index (χ2n) is 11.3. The zero-order valence-electron chi connectivity index (χ0n) is 25.8. The number of nitrogens with zero attached hydrogens (tertiary/aromatic N) is 4. The third-order valence-electron chi connectivity index (χ3n) is 7.84. The Morgan fingerprint density at radius 1 is 0.826 bits per heavy atom. The highest BCUT2D eigenvalue weighted by molar-refractivity contribution is 7.00. The van der Waals surface area contributed by atoms with Crippen molar-refractivity contribution in [2.75, 3.05) is 44.8 Å². The van der Waals surface area contributed by atoms with Gasteiger partial charge in [0.1, 0.15) is 17.3 Å². The van der Waals surface area contributed by atoms with Crippen LogP contribution in [0.1, 0.15) is 27.0 Å². The highest BCUT2D eigenvalue weighted by Gasteiger charge is 2.48. The first kappa shape index (κ1) is 30.8. The Morgan fingerprint density at radius 3 is 2.15 bits per heavy atom. The Morgan fingerprint density at radius 2 is 1.48 bits per heavy atom. The minimum Gasteiger partial charge on any atom is -0.454 e. The van der Waals surface area contributed by atoms with Crippen molar-refractivity contribution < 1.29 is 28.9 Å². The van der Waals surface area contributed by atoms with Crippen LogP contribution in [0.4, 0.5) is 11.4 Å². The first-order valence-corrected chi connectivity index (χ1v) is 15.2. The number of aromatic nitrogens is 2. The molecule has 2 aliphatic rings. The normalized spacial score (nSPS) is 16.6. The van der Waals surface area contributed by atoms with Gasteiger partial charge in [-0.05, 0) is 77.9 Å². The van der Waals surface area contributed by atoms with E-state index in [4.69, 9.17) is 14.2 Å². The van der Waals surface area contributed by atoms with Crippen LogP contribution >= 0.6 is 11.7 Å². The predicted octanol–water partition coefficient (Wildman–Crippen LogP) is 5.45. The van der Waals surface area contributed by atoms with Crippen LogP contribution < -0.4 is 19.3 Å². The van der Waals surface area contributed by atoms with E-state index in [2.05, 4.69) is 8.75 Å².